The van der Waals surface area contributed by atoms with Crippen LogP contribution in [-0.4, -0.2) is 33.4 Å². The molecule has 126 valence electrons. The summed E-state index contributed by atoms with van der Waals surface area (Å²) in [7, 11) is 1.22. The van der Waals surface area contributed by atoms with Gasteiger partial charge >= 0.3 is 12.1 Å². The third-order valence-corrected chi connectivity index (χ3v) is 3.99. The number of carbonyl (C=O) groups is 1. The summed E-state index contributed by atoms with van der Waals surface area (Å²) in [6.45, 7) is 5.71. The molecule has 0 aliphatic carbocycles. The molecule has 0 fully saturated rings. The van der Waals surface area contributed by atoms with Crippen LogP contribution < -0.4 is 0 Å². The maximum atomic E-state index is 13.0. The third kappa shape index (κ3) is 3.95. The Morgan fingerprint density at radius 2 is 1.91 bits per heavy atom. The minimum absolute atomic E-state index is 0.0946. The summed E-state index contributed by atoms with van der Waals surface area (Å²) in [5, 5.41) is 4.51. The van der Waals surface area contributed by atoms with E-state index >= 15 is 0 Å². The summed E-state index contributed by atoms with van der Waals surface area (Å²) in [5.41, 5.74) is -0.643. The molecule has 0 N–H and O–H groups in total. The number of fused-ring (bicyclic) bond motifs is 1. The van der Waals surface area contributed by atoms with Crippen molar-refractivity contribution in [2.45, 2.75) is 37.4 Å². The first-order valence-electron chi connectivity index (χ1n) is 6.70. The number of halogens is 3. The number of ether oxygens (including phenoxy) is 1. The van der Waals surface area contributed by atoms with Gasteiger partial charge < -0.3 is 4.74 Å². The van der Waals surface area contributed by atoms with Crippen LogP contribution in [0.15, 0.2) is 17.2 Å². The van der Waals surface area contributed by atoms with Crippen LogP contribution in [0.2, 0.25) is 0 Å². The zero-order chi connectivity index (χ0) is 17.4. The molecule has 2 heterocycles. The monoisotopic (exact) mass is 347 g/mol. The van der Waals surface area contributed by atoms with E-state index in [0.717, 1.165) is 17.8 Å². The molecule has 9 heteroatoms. The smallest absolute Gasteiger partial charge is 0.433 e. The molecule has 0 amide bonds. The highest BCUT2D eigenvalue weighted by Crippen LogP contribution is 2.32. The van der Waals surface area contributed by atoms with E-state index in [1.807, 2.05) is 20.8 Å². The van der Waals surface area contributed by atoms with E-state index in [0.29, 0.717) is 5.69 Å². The summed E-state index contributed by atoms with van der Waals surface area (Å²) in [6.07, 6.45) is -4.57. The van der Waals surface area contributed by atoms with Gasteiger partial charge in [-0.2, -0.15) is 18.3 Å². The van der Waals surface area contributed by atoms with Gasteiger partial charge in [0.05, 0.1) is 18.6 Å². The summed E-state index contributed by atoms with van der Waals surface area (Å²) in [5.74, 6) is -0.644. The largest absolute Gasteiger partial charge is 0.468 e. The summed E-state index contributed by atoms with van der Waals surface area (Å²) in [6, 6.07) is 2.41. The minimum Gasteiger partial charge on any atom is -0.468 e. The third-order valence-electron chi connectivity index (χ3n) is 3.02. The highest BCUT2D eigenvalue weighted by molar-refractivity contribution is 7.99. The normalized spacial score (nSPS) is 12.7. The molecule has 0 aliphatic rings. The van der Waals surface area contributed by atoms with Crippen molar-refractivity contribution in [2.24, 2.45) is 0 Å². The van der Waals surface area contributed by atoms with Crippen molar-refractivity contribution in [3.8, 4) is 0 Å². The number of hydrogen-bond acceptors (Lipinski definition) is 5. The molecule has 0 radical (unpaired) electrons. The average molecular weight is 347 g/mol. The van der Waals surface area contributed by atoms with E-state index in [1.54, 1.807) is 0 Å². The van der Waals surface area contributed by atoms with Gasteiger partial charge in [-0.15, -0.1) is 0 Å². The molecule has 0 atom stereocenters. The highest BCUT2D eigenvalue weighted by Gasteiger charge is 2.34. The van der Waals surface area contributed by atoms with Gasteiger partial charge in [-0.05, 0) is 0 Å². The standard InChI is InChI=1S/C14H16F3N3O2S/c1-13(2,3)8-5-10-18-9(14(15,16)17)6-11(20(10)19-8)23-7-12(21)22-4/h5-6H,7H2,1-4H3. The van der Waals surface area contributed by atoms with Crippen LogP contribution in [0, 0.1) is 0 Å². The van der Waals surface area contributed by atoms with Crippen molar-refractivity contribution in [3.63, 3.8) is 0 Å². The molecule has 2 aromatic rings. The van der Waals surface area contributed by atoms with Crippen LogP contribution in [0.25, 0.3) is 5.65 Å². The quantitative estimate of drug-likeness (QED) is 0.484. The SMILES string of the molecule is COC(=O)CSc1cc(C(F)(F)F)nc2cc(C(C)(C)C)nn12. The lowest BCUT2D eigenvalue weighted by atomic mass is 9.93. The maximum absolute atomic E-state index is 13.0. The number of esters is 1. The highest BCUT2D eigenvalue weighted by atomic mass is 32.2. The van der Waals surface area contributed by atoms with Gasteiger partial charge in [-0.1, -0.05) is 32.5 Å². The Bertz CT molecular complexity index is 735. The number of carbonyl (C=O) groups excluding carboxylic acids is 1. The van der Waals surface area contributed by atoms with Gasteiger partial charge in [0.1, 0.15) is 10.7 Å². The Morgan fingerprint density at radius 1 is 1.26 bits per heavy atom. The number of rotatable bonds is 3. The molecule has 0 bridgehead atoms. The van der Waals surface area contributed by atoms with Crippen molar-refractivity contribution < 1.29 is 22.7 Å². The zero-order valence-electron chi connectivity index (χ0n) is 13.1. The van der Waals surface area contributed by atoms with Crippen LogP contribution in [0.1, 0.15) is 32.2 Å². The van der Waals surface area contributed by atoms with Crippen LogP contribution in [0.4, 0.5) is 13.2 Å². The van der Waals surface area contributed by atoms with E-state index in [2.05, 4.69) is 14.8 Å². The van der Waals surface area contributed by atoms with E-state index in [-0.39, 0.29) is 21.8 Å². The van der Waals surface area contributed by atoms with E-state index in [9.17, 15) is 18.0 Å². The van der Waals surface area contributed by atoms with Crippen molar-refractivity contribution in [1.29, 1.82) is 0 Å². The second-order valence-electron chi connectivity index (χ2n) is 5.89. The first-order chi connectivity index (χ1) is 10.5. The van der Waals surface area contributed by atoms with Gasteiger partial charge in [0.2, 0.25) is 0 Å². The van der Waals surface area contributed by atoms with Crippen LogP contribution in [0.5, 0.6) is 0 Å². The van der Waals surface area contributed by atoms with Gasteiger partial charge in [-0.3, -0.25) is 4.79 Å². The Kier molecular flexibility index (Phi) is 4.61. The fourth-order valence-corrected chi connectivity index (χ4v) is 2.59. The molecule has 0 aromatic carbocycles. The number of aromatic nitrogens is 3. The maximum Gasteiger partial charge on any atom is 0.433 e. The predicted octanol–water partition coefficient (Wildman–Crippen LogP) is 3.31. The lowest BCUT2D eigenvalue weighted by molar-refractivity contribution is -0.141. The average Bonchev–Trinajstić information content (AvgIpc) is 2.87. The second kappa shape index (κ2) is 6.03. The van der Waals surface area contributed by atoms with Gasteiger partial charge in [0.25, 0.3) is 0 Å². The number of hydrogen-bond donors (Lipinski definition) is 0. The van der Waals surface area contributed by atoms with Crippen LogP contribution in [-0.2, 0) is 21.1 Å². The lowest BCUT2D eigenvalue weighted by Gasteiger charge is -2.13. The van der Waals surface area contributed by atoms with E-state index in [1.165, 1.54) is 17.7 Å². The van der Waals surface area contributed by atoms with Gasteiger partial charge in [0, 0.05) is 17.5 Å². The molecular weight excluding hydrogens is 331 g/mol. The van der Waals surface area contributed by atoms with Crippen molar-refractivity contribution in [1.82, 2.24) is 14.6 Å². The molecule has 2 aromatic heterocycles. The molecule has 0 aliphatic heterocycles. The first-order valence-corrected chi connectivity index (χ1v) is 7.69. The topological polar surface area (TPSA) is 56.5 Å². The molecule has 0 saturated heterocycles. The van der Waals surface area contributed by atoms with E-state index < -0.39 is 17.8 Å². The predicted molar refractivity (Wildman–Crippen MR) is 79.4 cm³/mol. The Labute approximate surface area is 135 Å². The van der Waals surface area contributed by atoms with Crippen molar-refractivity contribution in [3.05, 3.63) is 23.5 Å². The molecule has 0 unspecified atom stereocenters. The van der Waals surface area contributed by atoms with Gasteiger partial charge in [0.15, 0.2) is 5.65 Å². The Hall–Kier alpha value is -1.77. The summed E-state index contributed by atoms with van der Waals surface area (Å²) in [4.78, 5) is 14.9. The number of methoxy groups -OCH3 is 1. The van der Waals surface area contributed by atoms with Crippen molar-refractivity contribution >= 4 is 23.4 Å². The van der Waals surface area contributed by atoms with Crippen molar-refractivity contribution in [2.75, 3.05) is 12.9 Å². The fourth-order valence-electron chi connectivity index (χ4n) is 1.75. The number of nitrogens with zero attached hydrogens (tertiary/aromatic N) is 3. The summed E-state index contributed by atoms with van der Waals surface area (Å²) < 4.78 is 44.9. The fraction of sp³-hybridized carbons (Fsp3) is 0.500. The molecular formula is C14H16F3N3O2S. The second-order valence-corrected chi connectivity index (χ2v) is 6.89. The first kappa shape index (κ1) is 17.6. The molecule has 2 rings (SSSR count). The van der Waals surface area contributed by atoms with Crippen LogP contribution in [0.3, 0.4) is 0 Å². The number of thioether (sulfide) groups is 1. The number of alkyl halides is 3. The zero-order valence-corrected chi connectivity index (χ0v) is 13.9. The Balaban J connectivity index is 2.56. The summed E-state index contributed by atoms with van der Waals surface area (Å²) >= 11 is 0.923. The van der Waals surface area contributed by atoms with Gasteiger partial charge in [-0.25, -0.2) is 9.50 Å². The minimum atomic E-state index is -4.57. The lowest BCUT2D eigenvalue weighted by Crippen LogP contribution is -2.13. The molecule has 0 saturated carbocycles. The Morgan fingerprint density at radius 3 is 2.43 bits per heavy atom. The molecule has 23 heavy (non-hydrogen) atoms. The van der Waals surface area contributed by atoms with Crippen LogP contribution >= 0.6 is 11.8 Å². The molecule has 0 spiro atoms. The molecule has 5 nitrogen and oxygen atoms in total. The van der Waals surface area contributed by atoms with E-state index in [4.69, 9.17) is 0 Å².